The van der Waals surface area contributed by atoms with Gasteiger partial charge in [-0.3, -0.25) is 14.9 Å². The van der Waals surface area contributed by atoms with Crippen molar-refractivity contribution in [3.05, 3.63) is 106 Å². The van der Waals surface area contributed by atoms with Crippen molar-refractivity contribution < 1.29 is 33.2 Å². The number of carbonyl (C=O) groups excluding carboxylic acids is 3. The van der Waals surface area contributed by atoms with Crippen molar-refractivity contribution in [2.75, 3.05) is 10.2 Å². The molecule has 1 aromatic heterocycles. The first kappa shape index (κ1) is 44.4. The van der Waals surface area contributed by atoms with E-state index in [2.05, 4.69) is 56.4 Å². The first-order valence-corrected chi connectivity index (χ1v) is 21.9. The Morgan fingerprint density at radius 3 is 2.02 bits per heavy atom. The van der Waals surface area contributed by atoms with Gasteiger partial charge in [0.15, 0.2) is 14.1 Å². The van der Waals surface area contributed by atoms with Crippen LogP contribution in [0.15, 0.2) is 79.0 Å². The SMILES string of the molecule is CC(Cc1ccc(C(Nc2ccc3c(N(C(=O)OC(C)(C)C)C(=O)OC(C)(C)C)nccc3c2)C(=O)NCc2cccc([N+](=O)[O-])c2)cc1)O[Si](C)(C)C(C)(C)C. The molecule has 0 aliphatic carbocycles. The third-order valence-electron chi connectivity index (χ3n) is 9.41. The summed E-state index contributed by atoms with van der Waals surface area (Å²) in [5, 5.41) is 18.8. The van der Waals surface area contributed by atoms with Gasteiger partial charge >= 0.3 is 12.2 Å². The maximum absolute atomic E-state index is 14.0. The number of benzene rings is 3. The van der Waals surface area contributed by atoms with E-state index in [-0.39, 0.29) is 35.1 Å². The standard InChI is InChI=1S/C43H57N5O8Si/c1-28(56-57(11,12)43(8,9)10)24-29-16-18-31(19-17-29)36(38(49)45-27-30-14-13-15-34(25-30)48(52)53)46-33-20-21-35-32(26-33)22-23-44-37(35)47(39(50)54-41(2,3)4)40(51)55-42(5,6)7/h13-23,25-26,28,36,46H,24,27H2,1-12H3,(H,45,49). The van der Waals surface area contributed by atoms with E-state index < -0.39 is 42.7 Å². The molecule has 0 radical (unpaired) electrons. The largest absolute Gasteiger partial charge is 0.443 e. The maximum atomic E-state index is 14.0. The molecule has 2 atom stereocenters. The van der Waals surface area contributed by atoms with Gasteiger partial charge in [0.05, 0.1) is 4.92 Å². The normalized spacial score (nSPS) is 13.3. The van der Waals surface area contributed by atoms with Gasteiger partial charge in [0.2, 0.25) is 5.91 Å². The molecule has 2 unspecified atom stereocenters. The van der Waals surface area contributed by atoms with Gasteiger partial charge in [0, 0.05) is 42.1 Å². The van der Waals surface area contributed by atoms with E-state index >= 15 is 0 Å². The number of nitro benzene ring substituents is 1. The van der Waals surface area contributed by atoms with Crippen LogP contribution in [0.4, 0.5) is 26.8 Å². The van der Waals surface area contributed by atoms with E-state index in [9.17, 15) is 24.5 Å². The fraction of sp³-hybridized carbons (Fsp3) is 0.442. The smallest absolute Gasteiger partial charge is 0.425 e. The number of anilines is 2. The van der Waals surface area contributed by atoms with Crippen LogP contribution in [0.2, 0.25) is 18.1 Å². The van der Waals surface area contributed by atoms with Gasteiger partial charge in [-0.2, -0.15) is 4.90 Å². The molecule has 0 aliphatic heterocycles. The molecular weight excluding hydrogens is 743 g/mol. The van der Waals surface area contributed by atoms with Crippen LogP contribution in [0.25, 0.3) is 10.8 Å². The number of aromatic nitrogens is 1. The molecule has 3 amide bonds. The molecule has 14 heteroatoms. The fourth-order valence-corrected chi connectivity index (χ4v) is 7.17. The highest BCUT2D eigenvalue weighted by atomic mass is 28.4. The number of amides is 3. The number of carbonyl (C=O) groups is 3. The van der Waals surface area contributed by atoms with E-state index in [1.165, 1.54) is 18.3 Å². The number of rotatable bonds is 12. The number of nitro groups is 1. The summed E-state index contributed by atoms with van der Waals surface area (Å²) in [6, 6.07) is 20.0. The Labute approximate surface area is 336 Å². The van der Waals surface area contributed by atoms with Crippen LogP contribution in [0.3, 0.4) is 0 Å². The van der Waals surface area contributed by atoms with Gasteiger partial charge in [-0.05, 0) is 119 Å². The molecule has 0 spiro atoms. The van der Waals surface area contributed by atoms with Crippen LogP contribution < -0.4 is 15.5 Å². The van der Waals surface area contributed by atoms with E-state index in [0.29, 0.717) is 34.0 Å². The van der Waals surface area contributed by atoms with Gasteiger partial charge in [-0.1, -0.05) is 57.2 Å². The fourth-order valence-electron chi connectivity index (χ4n) is 5.73. The van der Waals surface area contributed by atoms with Crippen molar-refractivity contribution in [2.24, 2.45) is 0 Å². The molecule has 4 aromatic rings. The van der Waals surface area contributed by atoms with E-state index in [1.807, 2.05) is 24.3 Å². The Morgan fingerprint density at radius 2 is 1.46 bits per heavy atom. The van der Waals surface area contributed by atoms with Crippen LogP contribution >= 0.6 is 0 Å². The molecule has 2 N–H and O–H groups in total. The van der Waals surface area contributed by atoms with E-state index in [1.54, 1.807) is 77.9 Å². The number of fused-ring (bicyclic) bond motifs is 1. The average Bonchev–Trinajstić information content (AvgIpc) is 3.08. The quantitative estimate of drug-likeness (QED) is 0.0801. The molecule has 3 aromatic carbocycles. The summed E-state index contributed by atoms with van der Waals surface area (Å²) in [6.07, 6.45) is 0.297. The lowest BCUT2D eigenvalue weighted by Crippen LogP contribution is -2.44. The molecule has 13 nitrogen and oxygen atoms in total. The minimum absolute atomic E-state index is 0.00225. The van der Waals surface area contributed by atoms with Gasteiger partial charge < -0.3 is 24.5 Å². The highest BCUT2D eigenvalue weighted by Gasteiger charge is 2.38. The third kappa shape index (κ3) is 12.3. The van der Waals surface area contributed by atoms with E-state index in [0.717, 1.165) is 10.5 Å². The highest BCUT2D eigenvalue weighted by molar-refractivity contribution is 6.74. The summed E-state index contributed by atoms with van der Waals surface area (Å²) >= 11 is 0. The average molecular weight is 800 g/mol. The molecule has 0 saturated carbocycles. The lowest BCUT2D eigenvalue weighted by Gasteiger charge is -2.38. The highest BCUT2D eigenvalue weighted by Crippen LogP contribution is 2.38. The van der Waals surface area contributed by atoms with Gasteiger partial charge in [0.25, 0.3) is 5.69 Å². The zero-order chi connectivity index (χ0) is 42.5. The summed E-state index contributed by atoms with van der Waals surface area (Å²) in [5.74, 6) is -0.337. The first-order valence-electron chi connectivity index (χ1n) is 19.0. The lowest BCUT2D eigenvalue weighted by molar-refractivity contribution is -0.384. The Balaban J connectivity index is 1.68. The van der Waals surface area contributed by atoms with Crippen molar-refractivity contribution in [1.29, 1.82) is 0 Å². The maximum Gasteiger partial charge on any atom is 0.425 e. The predicted octanol–water partition coefficient (Wildman–Crippen LogP) is 10.2. The van der Waals surface area contributed by atoms with Crippen LogP contribution in [0.1, 0.15) is 92.0 Å². The Morgan fingerprint density at radius 1 is 0.842 bits per heavy atom. The van der Waals surface area contributed by atoms with Crippen LogP contribution in [-0.2, 0) is 31.7 Å². The van der Waals surface area contributed by atoms with E-state index in [4.69, 9.17) is 13.9 Å². The molecule has 57 heavy (non-hydrogen) atoms. The van der Waals surface area contributed by atoms with Gasteiger partial charge in [0.1, 0.15) is 17.2 Å². The molecule has 1 heterocycles. The first-order chi connectivity index (χ1) is 26.3. The molecule has 306 valence electrons. The Bertz CT molecular complexity index is 2060. The molecule has 0 bridgehead atoms. The van der Waals surface area contributed by atoms with Crippen LogP contribution in [0, 0.1) is 10.1 Å². The summed E-state index contributed by atoms with van der Waals surface area (Å²) in [7, 11) is -1.97. The second-order valence-electron chi connectivity index (χ2n) is 17.7. The molecule has 0 saturated heterocycles. The molecule has 0 aliphatic rings. The monoisotopic (exact) mass is 799 g/mol. The minimum atomic E-state index is -1.97. The topological polar surface area (TPSA) is 162 Å². The summed E-state index contributed by atoms with van der Waals surface area (Å²) in [4.78, 5) is 57.0. The number of nitrogens with zero attached hydrogens (tertiary/aromatic N) is 3. The number of non-ortho nitro benzene ring substituents is 1. The number of pyridine rings is 1. The predicted molar refractivity (Wildman–Crippen MR) is 226 cm³/mol. The van der Waals surface area contributed by atoms with Crippen LogP contribution in [0.5, 0.6) is 0 Å². The molecule has 0 fully saturated rings. The summed E-state index contributed by atoms with van der Waals surface area (Å²) in [6.45, 7) is 23.4. The van der Waals surface area contributed by atoms with Crippen molar-refractivity contribution in [2.45, 2.75) is 124 Å². The number of hydrogen-bond acceptors (Lipinski definition) is 10. The van der Waals surface area contributed by atoms with Crippen LogP contribution in [-0.4, -0.2) is 53.6 Å². The zero-order valence-corrected chi connectivity index (χ0v) is 36.2. The zero-order valence-electron chi connectivity index (χ0n) is 35.2. The van der Waals surface area contributed by atoms with Crippen molar-refractivity contribution in [3.8, 4) is 0 Å². The van der Waals surface area contributed by atoms with Crippen molar-refractivity contribution in [1.82, 2.24) is 10.3 Å². The number of imide groups is 1. The summed E-state index contributed by atoms with van der Waals surface area (Å²) in [5.41, 5.74) is 1.01. The van der Waals surface area contributed by atoms with Gasteiger partial charge in [-0.15, -0.1) is 0 Å². The third-order valence-corrected chi connectivity index (χ3v) is 14.0. The van der Waals surface area contributed by atoms with Crippen molar-refractivity contribution >= 4 is 54.4 Å². The minimum Gasteiger partial charge on any atom is -0.443 e. The second-order valence-corrected chi connectivity index (χ2v) is 22.5. The number of hydrogen-bond donors (Lipinski definition) is 2. The lowest BCUT2D eigenvalue weighted by atomic mass is 10.0. The molecule has 4 rings (SSSR count). The Hall–Kier alpha value is -5.34. The van der Waals surface area contributed by atoms with Crippen molar-refractivity contribution in [3.63, 3.8) is 0 Å². The number of ether oxygens (including phenoxy) is 2. The molecular formula is C43H57N5O8Si. The van der Waals surface area contributed by atoms with Gasteiger partial charge in [-0.25, -0.2) is 14.6 Å². The summed E-state index contributed by atoms with van der Waals surface area (Å²) < 4.78 is 17.7. The second kappa shape index (κ2) is 17.4. The Kier molecular flexibility index (Phi) is 13.6. The number of nitrogens with one attached hydrogen (secondary N) is 2.